The fourth-order valence-corrected chi connectivity index (χ4v) is 1.86. The molecule has 0 unspecified atom stereocenters. The molecule has 100 valence electrons. The van der Waals surface area contributed by atoms with Gasteiger partial charge in [0, 0.05) is 23.9 Å². The van der Waals surface area contributed by atoms with Crippen LogP contribution in [0, 0.1) is 0 Å². The van der Waals surface area contributed by atoms with E-state index >= 15 is 0 Å². The van der Waals surface area contributed by atoms with Crippen molar-refractivity contribution in [3.8, 4) is 0 Å². The van der Waals surface area contributed by atoms with E-state index in [9.17, 15) is 9.59 Å². The van der Waals surface area contributed by atoms with Gasteiger partial charge in [0.15, 0.2) is 5.78 Å². The second kappa shape index (κ2) is 5.97. The van der Waals surface area contributed by atoms with E-state index in [-0.39, 0.29) is 11.7 Å². The molecule has 0 bridgehead atoms. The van der Waals surface area contributed by atoms with E-state index in [0.717, 1.165) is 5.69 Å². The van der Waals surface area contributed by atoms with Gasteiger partial charge in [0.2, 0.25) is 5.91 Å². The molecule has 3 nitrogen and oxygen atoms in total. The van der Waals surface area contributed by atoms with Crippen molar-refractivity contribution in [3.05, 3.63) is 78.4 Å². The zero-order chi connectivity index (χ0) is 14.5. The molecular weight excluding hydrogens is 250 g/mol. The van der Waals surface area contributed by atoms with Crippen molar-refractivity contribution in [2.45, 2.75) is 0 Å². The molecule has 0 heterocycles. The summed E-state index contributed by atoms with van der Waals surface area (Å²) in [5.74, 6) is -0.220. The maximum atomic E-state index is 12.2. The summed E-state index contributed by atoms with van der Waals surface area (Å²) in [4.78, 5) is 25.2. The van der Waals surface area contributed by atoms with Crippen molar-refractivity contribution in [2.75, 3.05) is 11.9 Å². The van der Waals surface area contributed by atoms with Gasteiger partial charge >= 0.3 is 0 Å². The first-order valence-corrected chi connectivity index (χ1v) is 6.23. The maximum Gasteiger partial charge on any atom is 0.250 e. The number of likely N-dealkylation sites (N-methyl/N-ethyl adjacent to an activating group) is 1. The van der Waals surface area contributed by atoms with Crippen molar-refractivity contribution in [1.29, 1.82) is 0 Å². The summed E-state index contributed by atoms with van der Waals surface area (Å²) < 4.78 is 0. The number of anilines is 1. The molecule has 1 amide bonds. The van der Waals surface area contributed by atoms with Crippen LogP contribution in [-0.4, -0.2) is 18.7 Å². The quantitative estimate of drug-likeness (QED) is 0.629. The third kappa shape index (κ3) is 2.83. The molecule has 0 atom stereocenters. The molecule has 2 aromatic rings. The molecule has 2 aromatic carbocycles. The molecule has 0 aromatic heterocycles. The highest BCUT2D eigenvalue weighted by Gasteiger charge is 2.10. The zero-order valence-electron chi connectivity index (χ0n) is 11.2. The van der Waals surface area contributed by atoms with E-state index in [4.69, 9.17) is 0 Å². The first kappa shape index (κ1) is 13.7. The van der Waals surface area contributed by atoms with E-state index in [1.165, 1.54) is 11.0 Å². The summed E-state index contributed by atoms with van der Waals surface area (Å²) in [5.41, 5.74) is 1.97. The smallest absolute Gasteiger partial charge is 0.250 e. The third-order valence-electron chi connectivity index (χ3n) is 3.06. The number of benzene rings is 2. The molecule has 0 aliphatic heterocycles. The minimum atomic E-state index is -0.188. The van der Waals surface area contributed by atoms with Gasteiger partial charge in [-0.05, 0) is 30.3 Å². The zero-order valence-corrected chi connectivity index (χ0v) is 11.2. The van der Waals surface area contributed by atoms with Gasteiger partial charge in [0.25, 0.3) is 0 Å². The first-order chi connectivity index (χ1) is 9.63. The lowest BCUT2D eigenvalue weighted by Crippen LogP contribution is -2.23. The van der Waals surface area contributed by atoms with Crippen molar-refractivity contribution < 1.29 is 9.59 Å². The van der Waals surface area contributed by atoms with Gasteiger partial charge in [-0.3, -0.25) is 9.59 Å². The molecule has 2 rings (SSSR count). The fourth-order valence-electron chi connectivity index (χ4n) is 1.86. The van der Waals surface area contributed by atoms with Crippen LogP contribution in [0.2, 0.25) is 0 Å². The number of hydrogen-bond acceptors (Lipinski definition) is 2. The lowest BCUT2D eigenvalue weighted by atomic mass is 10.0. The minimum absolute atomic E-state index is 0.0325. The Morgan fingerprint density at radius 3 is 2.05 bits per heavy atom. The number of hydrogen-bond donors (Lipinski definition) is 0. The van der Waals surface area contributed by atoms with Gasteiger partial charge in [0.05, 0.1) is 0 Å². The average Bonchev–Trinajstić information content (AvgIpc) is 2.53. The Morgan fingerprint density at radius 2 is 1.50 bits per heavy atom. The Kier molecular flexibility index (Phi) is 4.11. The van der Waals surface area contributed by atoms with Crippen LogP contribution in [-0.2, 0) is 4.79 Å². The third-order valence-corrected chi connectivity index (χ3v) is 3.06. The van der Waals surface area contributed by atoms with E-state index < -0.39 is 0 Å². The van der Waals surface area contributed by atoms with Gasteiger partial charge in [-0.2, -0.15) is 0 Å². The summed E-state index contributed by atoms with van der Waals surface area (Å²) in [7, 11) is 1.66. The van der Waals surface area contributed by atoms with Crippen molar-refractivity contribution in [1.82, 2.24) is 0 Å². The van der Waals surface area contributed by atoms with Gasteiger partial charge < -0.3 is 4.90 Å². The van der Waals surface area contributed by atoms with E-state index in [1.54, 1.807) is 43.4 Å². The van der Waals surface area contributed by atoms with Crippen LogP contribution in [0.5, 0.6) is 0 Å². The molecule has 20 heavy (non-hydrogen) atoms. The number of carbonyl (C=O) groups is 2. The summed E-state index contributed by atoms with van der Waals surface area (Å²) in [6.45, 7) is 3.45. The van der Waals surface area contributed by atoms with Crippen LogP contribution in [0.25, 0.3) is 0 Å². The highest BCUT2D eigenvalue weighted by atomic mass is 16.2. The van der Waals surface area contributed by atoms with Crippen molar-refractivity contribution in [3.63, 3.8) is 0 Å². The van der Waals surface area contributed by atoms with Gasteiger partial charge in [-0.1, -0.05) is 36.9 Å². The van der Waals surface area contributed by atoms with Gasteiger partial charge in [0.1, 0.15) is 0 Å². The number of carbonyl (C=O) groups excluding carboxylic acids is 2. The molecule has 0 fully saturated rings. The van der Waals surface area contributed by atoms with Crippen LogP contribution >= 0.6 is 0 Å². The fraction of sp³-hybridized carbons (Fsp3) is 0.0588. The normalized spacial score (nSPS) is 9.85. The van der Waals surface area contributed by atoms with Crippen LogP contribution in [0.3, 0.4) is 0 Å². The molecule has 0 spiro atoms. The van der Waals surface area contributed by atoms with Gasteiger partial charge in [-0.25, -0.2) is 0 Å². The Morgan fingerprint density at radius 1 is 0.950 bits per heavy atom. The van der Waals surface area contributed by atoms with Crippen LogP contribution < -0.4 is 4.90 Å². The number of nitrogens with zero attached hydrogens (tertiary/aromatic N) is 1. The van der Waals surface area contributed by atoms with E-state index in [0.29, 0.717) is 11.1 Å². The van der Waals surface area contributed by atoms with Crippen molar-refractivity contribution >= 4 is 17.4 Å². The van der Waals surface area contributed by atoms with Crippen LogP contribution in [0.4, 0.5) is 5.69 Å². The Labute approximate surface area is 118 Å². The first-order valence-electron chi connectivity index (χ1n) is 6.23. The Bertz CT molecular complexity index is 630. The molecular formula is C17H15NO2. The summed E-state index contributed by atoms with van der Waals surface area (Å²) >= 11 is 0. The average molecular weight is 265 g/mol. The van der Waals surface area contributed by atoms with Crippen LogP contribution in [0.1, 0.15) is 15.9 Å². The van der Waals surface area contributed by atoms with E-state index in [1.807, 2.05) is 18.2 Å². The SMILES string of the molecule is C=CC(=O)N(C)c1ccc(C(=O)c2ccccc2)cc1. The van der Waals surface area contributed by atoms with Crippen LogP contribution in [0.15, 0.2) is 67.3 Å². The number of amides is 1. The Hall–Kier alpha value is -2.68. The standard InChI is InChI=1S/C17H15NO2/c1-3-16(19)18(2)15-11-9-14(10-12-15)17(20)13-7-5-4-6-8-13/h3-12H,1H2,2H3. The number of ketones is 1. The van der Waals surface area contributed by atoms with E-state index in [2.05, 4.69) is 6.58 Å². The second-order valence-electron chi connectivity index (χ2n) is 4.34. The monoisotopic (exact) mass is 265 g/mol. The Balaban J connectivity index is 2.23. The maximum absolute atomic E-state index is 12.2. The molecule has 0 saturated heterocycles. The summed E-state index contributed by atoms with van der Waals surface area (Å²) in [5, 5.41) is 0. The lowest BCUT2D eigenvalue weighted by molar-refractivity contribution is -0.113. The molecule has 0 saturated carbocycles. The van der Waals surface area contributed by atoms with Gasteiger partial charge in [-0.15, -0.1) is 0 Å². The molecule has 3 heteroatoms. The summed E-state index contributed by atoms with van der Waals surface area (Å²) in [6.07, 6.45) is 1.25. The molecule has 0 aliphatic rings. The summed E-state index contributed by atoms with van der Waals surface area (Å²) in [6, 6.07) is 16.0. The topological polar surface area (TPSA) is 37.4 Å². The highest BCUT2D eigenvalue weighted by molar-refractivity contribution is 6.09. The van der Waals surface area contributed by atoms with Crippen molar-refractivity contribution in [2.24, 2.45) is 0 Å². The second-order valence-corrected chi connectivity index (χ2v) is 4.34. The molecule has 0 aliphatic carbocycles. The largest absolute Gasteiger partial charge is 0.312 e. The highest BCUT2D eigenvalue weighted by Crippen LogP contribution is 2.16. The lowest BCUT2D eigenvalue weighted by Gasteiger charge is -2.15. The number of rotatable bonds is 4. The predicted molar refractivity (Wildman–Crippen MR) is 79.9 cm³/mol. The molecule has 0 radical (unpaired) electrons. The predicted octanol–water partition coefficient (Wildman–Crippen LogP) is 3.07. The minimum Gasteiger partial charge on any atom is -0.312 e. The molecule has 0 N–H and O–H groups in total.